The minimum Gasteiger partial charge on any atom is -0.456 e. The lowest BCUT2D eigenvalue weighted by Gasteiger charge is -2.24. The maximum absolute atomic E-state index is 6.67. The average molecular weight is 647 g/mol. The Kier molecular flexibility index (Phi) is 6.02. The topological polar surface area (TPSA) is 9.23 Å². The van der Waals surface area contributed by atoms with Crippen LogP contribution in [0.1, 0.15) is 0 Å². The second-order valence-electron chi connectivity index (χ2n) is 13.5. The minimum absolute atomic E-state index is 0.893. The Morgan fingerprint density at radius 2 is 0.725 bits per heavy atom. The second-order valence-corrected chi connectivity index (χ2v) is 13.5. The van der Waals surface area contributed by atoms with Crippen molar-refractivity contribution in [2.45, 2.75) is 0 Å². The Morgan fingerprint density at radius 1 is 0.275 bits per heavy atom. The SMILES string of the molecule is c1ccc(-c2c3ccccc3c(-c3c4ccccc4c(-c4ccc5c(c4)Oc4cccc6cccc-5c46)c4ccccc34)c3ccccc23)cc1. The first-order chi connectivity index (χ1) is 25.3. The number of rotatable bonds is 3. The van der Waals surface area contributed by atoms with Crippen LogP contribution >= 0.6 is 0 Å². The molecule has 11 rings (SSSR count). The predicted molar refractivity (Wildman–Crippen MR) is 216 cm³/mol. The van der Waals surface area contributed by atoms with Crippen molar-refractivity contribution in [3.05, 3.63) is 182 Å². The Morgan fingerprint density at radius 3 is 1.25 bits per heavy atom. The summed E-state index contributed by atoms with van der Waals surface area (Å²) in [6, 6.07) is 66.2. The maximum Gasteiger partial charge on any atom is 0.135 e. The summed E-state index contributed by atoms with van der Waals surface area (Å²) in [5, 5.41) is 12.3. The second kappa shape index (κ2) is 10.9. The Hall–Kier alpha value is -6.70. The molecule has 10 aromatic rings. The van der Waals surface area contributed by atoms with E-state index in [1.54, 1.807) is 0 Å². The molecule has 0 aromatic heterocycles. The summed E-state index contributed by atoms with van der Waals surface area (Å²) in [6.07, 6.45) is 0. The van der Waals surface area contributed by atoms with Crippen LogP contribution in [0.15, 0.2) is 182 Å². The molecular weight excluding hydrogens is 617 g/mol. The molecule has 0 radical (unpaired) electrons. The van der Waals surface area contributed by atoms with Crippen LogP contribution in [0.3, 0.4) is 0 Å². The first-order valence-electron chi connectivity index (χ1n) is 17.6. The molecule has 0 bridgehead atoms. The Balaban J connectivity index is 1.23. The molecule has 1 heterocycles. The van der Waals surface area contributed by atoms with Crippen molar-refractivity contribution in [3.8, 4) is 56.0 Å². The van der Waals surface area contributed by atoms with Crippen molar-refractivity contribution in [2.75, 3.05) is 0 Å². The van der Waals surface area contributed by atoms with E-state index in [2.05, 4.69) is 182 Å². The lowest BCUT2D eigenvalue weighted by Crippen LogP contribution is -1.98. The molecular formula is C50H30O. The van der Waals surface area contributed by atoms with E-state index < -0.39 is 0 Å². The third-order valence-corrected chi connectivity index (χ3v) is 10.8. The van der Waals surface area contributed by atoms with Crippen LogP contribution in [-0.4, -0.2) is 0 Å². The van der Waals surface area contributed by atoms with E-state index in [0.717, 1.165) is 22.6 Å². The van der Waals surface area contributed by atoms with Gasteiger partial charge in [0.15, 0.2) is 0 Å². The van der Waals surface area contributed by atoms with Gasteiger partial charge in [0, 0.05) is 10.9 Å². The average Bonchev–Trinajstić information content (AvgIpc) is 3.19. The molecule has 0 atom stereocenters. The monoisotopic (exact) mass is 646 g/mol. The van der Waals surface area contributed by atoms with Gasteiger partial charge in [-0.15, -0.1) is 0 Å². The Labute approximate surface area is 295 Å². The Bertz CT molecular complexity index is 2920. The smallest absolute Gasteiger partial charge is 0.135 e. The zero-order valence-corrected chi connectivity index (χ0v) is 27.7. The third-order valence-electron chi connectivity index (χ3n) is 10.8. The highest BCUT2D eigenvalue weighted by Gasteiger charge is 2.24. The summed E-state index contributed by atoms with van der Waals surface area (Å²) in [5.41, 5.74) is 9.78. The summed E-state index contributed by atoms with van der Waals surface area (Å²) < 4.78 is 6.67. The summed E-state index contributed by atoms with van der Waals surface area (Å²) in [5.74, 6) is 1.81. The zero-order chi connectivity index (χ0) is 33.5. The minimum atomic E-state index is 0.893. The fourth-order valence-electron chi connectivity index (χ4n) is 8.74. The van der Waals surface area contributed by atoms with E-state index in [1.807, 2.05) is 0 Å². The number of hydrogen-bond acceptors (Lipinski definition) is 1. The molecule has 1 nitrogen and oxygen atoms in total. The van der Waals surface area contributed by atoms with Gasteiger partial charge in [0.1, 0.15) is 11.5 Å². The van der Waals surface area contributed by atoms with E-state index in [4.69, 9.17) is 4.74 Å². The summed E-state index contributed by atoms with van der Waals surface area (Å²) in [6.45, 7) is 0. The van der Waals surface area contributed by atoms with Crippen molar-refractivity contribution in [2.24, 2.45) is 0 Å². The fourth-order valence-corrected chi connectivity index (χ4v) is 8.74. The van der Waals surface area contributed by atoms with E-state index in [-0.39, 0.29) is 0 Å². The summed E-state index contributed by atoms with van der Waals surface area (Å²) in [7, 11) is 0. The van der Waals surface area contributed by atoms with Gasteiger partial charge in [-0.1, -0.05) is 164 Å². The molecule has 0 N–H and O–H groups in total. The van der Waals surface area contributed by atoms with Crippen LogP contribution in [0.25, 0.3) is 98.4 Å². The van der Waals surface area contributed by atoms with Gasteiger partial charge < -0.3 is 4.74 Å². The van der Waals surface area contributed by atoms with E-state index in [0.29, 0.717) is 0 Å². The lowest BCUT2D eigenvalue weighted by atomic mass is 9.81. The molecule has 51 heavy (non-hydrogen) atoms. The van der Waals surface area contributed by atoms with E-state index >= 15 is 0 Å². The molecule has 0 aliphatic carbocycles. The van der Waals surface area contributed by atoms with Crippen molar-refractivity contribution in [3.63, 3.8) is 0 Å². The van der Waals surface area contributed by atoms with E-state index in [9.17, 15) is 0 Å². The lowest BCUT2D eigenvalue weighted by molar-refractivity contribution is 0.487. The van der Waals surface area contributed by atoms with Gasteiger partial charge in [0.25, 0.3) is 0 Å². The molecule has 0 spiro atoms. The standard InChI is InChI=1S/C50H30O/c1-2-14-31(15-3-1)46-36-18-4-8-22-40(36)49(41-23-9-5-19-37(41)46)50-42-24-10-6-20-38(42)47(39-21-7-11-25-43(39)50)33-28-29-34-35-26-12-16-32-17-13-27-44(48(32)35)51-45(34)30-33/h1-30H. The number of fused-ring (bicyclic) bond motifs is 6. The van der Waals surface area contributed by atoms with Gasteiger partial charge in [-0.2, -0.15) is 0 Å². The van der Waals surface area contributed by atoms with E-state index in [1.165, 1.54) is 87.2 Å². The first kappa shape index (κ1) is 28.2. The van der Waals surface area contributed by atoms with Crippen molar-refractivity contribution >= 4 is 53.9 Å². The molecule has 0 unspecified atom stereocenters. The van der Waals surface area contributed by atoms with Crippen LogP contribution < -0.4 is 4.74 Å². The van der Waals surface area contributed by atoms with Gasteiger partial charge in [-0.3, -0.25) is 0 Å². The van der Waals surface area contributed by atoms with Crippen LogP contribution in [0.4, 0.5) is 0 Å². The summed E-state index contributed by atoms with van der Waals surface area (Å²) in [4.78, 5) is 0. The van der Waals surface area contributed by atoms with Gasteiger partial charge >= 0.3 is 0 Å². The molecule has 236 valence electrons. The number of ether oxygens (including phenoxy) is 1. The van der Waals surface area contributed by atoms with Crippen molar-refractivity contribution in [1.82, 2.24) is 0 Å². The van der Waals surface area contributed by atoms with Crippen LogP contribution in [0, 0.1) is 0 Å². The quantitative estimate of drug-likeness (QED) is 0.174. The van der Waals surface area contributed by atoms with Gasteiger partial charge in [0.05, 0.1) is 0 Å². The van der Waals surface area contributed by atoms with Crippen LogP contribution in [0.5, 0.6) is 11.5 Å². The normalized spacial score (nSPS) is 12.1. The molecule has 0 saturated carbocycles. The fraction of sp³-hybridized carbons (Fsp3) is 0. The predicted octanol–water partition coefficient (Wildman–Crippen LogP) is 14.2. The highest BCUT2D eigenvalue weighted by atomic mass is 16.5. The molecule has 1 heteroatoms. The molecule has 1 aliphatic heterocycles. The summed E-state index contributed by atoms with van der Waals surface area (Å²) >= 11 is 0. The first-order valence-corrected chi connectivity index (χ1v) is 17.6. The van der Waals surface area contributed by atoms with Gasteiger partial charge in [-0.25, -0.2) is 0 Å². The molecule has 0 fully saturated rings. The molecule has 0 amide bonds. The number of benzene rings is 10. The van der Waals surface area contributed by atoms with Gasteiger partial charge in [0.2, 0.25) is 0 Å². The third kappa shape index (κ3) is 4.09. The van der Waals surface area contributed by atoms with Crippen molar-refractivity contribution < 1.29 is 4.74 Å². The van der Waals surface area contributed by atoms with Gasteiger partial charge in [-0.05, 0) is 106 Å². The molecule has 0 saturated heterocycles. The zero-order valence-electron chi connectivity index (χ0n) is 27.7. The molecule has 10 aromatic carbocycles. The van der Waals surface area contributed by atoms with Crippen molar-refractivity contribution in [1.29, 1.82) is 0 Å². The number of hydrogen-bond donors (Lipinski definition) is 0. The highest BCUT2D eigenvalue weighted by Crippen LogP contribution is 2.52. The highest BCUT2D eigenvalue weighted by molar-refractivity contribution is 6.30. The van der Waals surface area contributed by atoms with Crippen LogP contribution in [-0.2, 0) is 0 Å². The maximum atomic E-state index is 6.67. The largest absolute Gasteiger partial charge is 0.456 e. The molecule has 1 aliphatic rings. The van der Waals surface area contributed by atoms with Crippen LogP contribution in [0.2, 0.25) is 0 Å².